The summed E-state index contributed by atoms with van der Waals surface area (Å²) in [5, 5.41) is 10.8. The lowest BCUT2D eigenvalue weighted by atomic mass is 10.0. The fourth-order valence-electron chi connectivity index (χ4n) is 3.39. The third-order valence-electron chi connectivity index (χ3n) is 4.54. The Bertz CT molecular complexity index is 493. The SMILES string of the molecule is O[C@@]1(COc2cccc(F)c2)COCCN(C2CCCC2)C1. The van der Waals surface area contributed by atoms with Crippen LogP contribution in [0, 0.1) is 5.82 Å². The van der Waals surface area contributed by atoms with Crippen molar-refractivity contribution in [3.05, 3.63) is 30.1 Å². The van der Waals surface area contributed by atoms with Gasteiger partial charge in [0.15, 0.2) is 0 Å². The van der Waals surface area contributed by atoms with Gasteiger partial charge in [-0.05, 0) is 25.0 Å². The van der Waals surface area contributed by atoms with E-state index in [0.29, 0.717) is 24.9 Å². The maximum Gasteiger partial charge on any atom is 0.134 e. The fraction of sp³-hybridized carbons (Fsp3) is 0.647. The molecule has 1 saturated carbocycles. The van der Waals surface area contributed by atoms with E-state index in [2.05, 4.69) is 4.90 Å². The number of hydrogen-bond acceptors (Lipinski definition) is 4. The highest BCUT2D eigenvalue weighted by Crippen LogP contribution is 2.26. The number of halogens is 1. The number of benzene rings is 1. The first kappa shape index (κ1) is 15.7. The second-order valence-corrected chi connectivity index (χ2v) is 6.43. The highest BCUT2D eigenvalue weighted by molar-refractivity contribution is 5.22. The monoisotopic (exact) mass is 309 g/mol. The fourth-order valence-corrected chi connectivity index (χ4v) is 3.39. The van der Waals surface area contributed by atoms with Crippen LogP contribution in [0.25, 0.3) is 0 Å². The minimum absolute atomic E-state index is 0.111. The quantitative estimate of drug-likeness (QED) is 0.926. The van der Waals surface area contributed by atoms with Crippen molar-refractivity contribution in [2.45, 2.75) is 37.3 Å². The molecular weight excluding hydrogens is 285 g/mol. The van der Waals surface area contributed by atoms with Crippen LogP contribution in [0.1, 0.15) is 25.7 Å². The van der Waals surface area contributed by atoms with E-state index < -0.39 is 5.60 Å². The summed E-state index contributed by atoms with van der Waals surface area (Å²) in [7, 11) is 0. The number of rotatable bonds is 4. The Balaban J connectivity index is 1.62. The van der Waals surface area contributed by atoms with Crippen molar-refractivity contribution < 1.29 is 19.0 Å². The predicted molar refractivity (Wildman–Crippen MR) is 81.5 cm³/mol. The van der Waals surface area contributed by atoms with Crippen LogP contribution in [0.2, 0.25) is 0 Å². The van der Waals surface area contributed by atoms with E-state index in [1.165, 1.54) is 37.8 Å². The van der Waals surface area contributed by atoms with Gasteiger partial charge in [-0.1, -0.05) is 18.9 Å². The molecule has 1 saturated heterocycles. The van der Waals surface area contributed by atoms with Crippen molar-refractivity contribution in [3.63, 3.8) is 0 Å². The first-order chi connectivity index (χ1) is 10.6. The molecule has 0 radical (unpaired) electrons. The van der Waals surface area contributed by atoms with Gasteiger partial charge in [0.05, 0.1) is 13.2 Å². The van der Waals surface area contributed by atoms with Crippen molar-refractivity contribution in [1.29, 1.82) is 0 Å². The average Bonchev–Trinajstić information content (AvgIpc) is 2.96. The van der Waals surface area contributed by atoms with E-state index in [9.17, 15) is 9.50 Å². The second-order valence-electron chi connectivity index (χ2n) is 6.43. The highest BCUT2D eigenvalue weighted by atomic mass is 19.1. The van der Waals surface area contributed by atoms with Crippen LogP contribution in [0.5, 0.6) is 5.75 Å². The van der Waals surface area contributed by atoms with Crippen LogP contribution in [0.4, 0.5) is 4.39 Å². The first-order valence-corrected chi connectivity index (χ1v) is 8.07. The van der Waals surface area contributed by atoms with Crippen LogP contribution >= 0.6 is 0 Å². The van der Waals surface area contributed by atoms with Crippen molar-refractivity contribution in [3.8, 4) is 5.75 Å². The summed E-state index contributed by atoms with van der Waals surface area (Å²) in [5.41, 5.74) is -1.05. The Morgan fingerprint density at radius 3 is 2.95 bits per heavy atom. The summed E-state index contributed by atoms with van der Waals surface area (Å²) >= 11 is 0. The van der Waals surface area contributed by atoms with Crippen LogP contribution in [-0.2, 0) is 4.74 Å². The van der Waals surface area contributed by atoms with E-state index >= 15 is 0 Å². The second kappa shape index (κ2) is 6.94. The lowest BCUT2D eigenvalue weighted by molar-refractivity contribution is -0.0669. The van der Waals surface area contributed by atoms with Crippen molar-refractivity contribution in [1.82, 2.24) is 4.90 Å². The molecule has 1 N–H and O–H groups in total. The van der Waals surface area contributed by atoms with Gasteiger partial charge in [0.25, 0.3) is 0 Å². The molecule has 1 atom stereocenters. The molecule has 1 aromatic carbocycles. The van der Waals surface area contributed by atoms with E-state index in [1.54, 1.807) is 12.1 Å². The molecule has 0 spiro atoms. The van der Waals surface area contributed by atoms with Gasteiger partial charge in [-0.2, -0.15) is 0 Å². The Labute approximate surface area is 130 Å². The van der Waals surface area contributed by atoms with E-state index in [-0.39, 0.29) is 19.0 Å². The van der Waals surface area contributed by atoms with Crippen molar-refractivity contribution in [2.24, 2.45) is 0 Å². The molecule has 0 amide bonds. The van der Waals surface area contributed by atoms with Gasteiger partial charge < -0.3 is 14.6 Å². The molecule has 2 aliphatic rings. The van der Waals surface area contributed by atoms with Crippen LogP contribution in [-0.4, -0.2) is 54.6 Å². The minimum Gasteiger partial charge on any atom is -0.490 e. The van der Waals surface area contributed by atoms with Crippen molar-refractivity contribution >= 4 is 0 Å². The molecule has 0 bridgehead atoms. The zero-order valence-corrected chi connectivity index (χ0v) is 12.8. The van der Waals surface area contributed by atoms with E-state index in [0.717, 1.165) is 6.54 Å². The molecule has 4 nitrogen and oxygen atoms in total. The summed E-state index contributed by atoms with van der Waals surface area (Å²) in [6.45, 7) is 2.41. The summed E-state index contributed by atoms with van der Waals surface area (Å²) in [4.78, 5) is 2.33. The molecule has 22 heavy (non-hydrogen) atoms. The van der Waals surface area contributed by atoms with Gasteiger partial charge in [-0.3, -0.25) is 4.90 Å². The zero-order chi connectivity index (χ0) is 15.4. The normalized spacial score (nSPS) is 27.7. The number of hydrogen-bond donors (Lipinski definition) is 1. The molecule has 5 heteroatoms. The van der Waals surface area contributed by atoms with Crippen LogP contribution in [0.3, 0.4) is 0 Å². The third-order valence-corrected chi connectivity index (χ3v) is 4.54. The van der Waals surface area contributed by atoms with E-state index in [1.807, 2.05) is 0 Å². The summed E-state index contributed by atoms with van der Waals surface area (Å²) < 4.78 is 24.3. The number of β-amino-alcohol motifs (C(OH)–C–C–N with tert-alkyl or cyclic N) is 1. The topological polar surface area (TPSA) is 41.9 Å². The van der Waals surface area contributed by atoms with Gasteiger partial charge in [0, 0.05) is 25.2 Å². The number of ether oxygens (including phenoxy) is 2. The molecule has 0 unspecified atom stereocenters. The van der Waals surface area contributed by atoms with E-state index in [4.69, 9.17) is 9.47 Å². The summed E-state index contributed by atoms with van der Waals surface area (Å²) in [6.07, 6.45) is 4.92. The minimum atomic E-state index is -1.05. The molecule has 2 fully saturated rings. The lowest BCUT2D eigenvalue weighted by Crippen LogP contribution is -2.51. The molecule has 122 valence electrons. The first-order valence-electron chi connectivity index (χ1n) is 8.07. The molecular formula is C17H24FNO3. The predicted octanol–water partition coefficient (Wildman–Crippen LogP) is 2.21. The molecule has 1 aromatic rings. The van der Waals surface area contributed by atoms with Gasteiger partial charge in [-0.15, -0.1) is 0 Å². The Morgan fingerprint density at radius 1 is 1.36 bits per heavy atom. The average molecular weight is 309 g/mol. The Kier molecular flexibility index (Phi) is 4.96. The van der Waals surface area contributed by atoms with Gasteiger partial charge in [-0.25, -0.2) is 4.39 Å². The maximum atomic E-state index is 13.2. The molecule has 0 aromatic heterocycles. The standard InChI is InChI=1S/C17H24FNO3/c18-14-4-3-7-16(10-14)22-13-17(20)11-19(8-9-21-12-17)15-5-1-2-6-15/h3-4,7,10,15,20H,1-2,5-6,8-9,11-13H2/t17-/m1/s1. The molecule has 1 heterocycles. The maximum absolute atomic E-state index is 13.2. The van der Waals surface area contributed by atoms with Crippen LogP contribution < -0.4 is 4.74 Å². The number of aliphatic hydroxyl groups is 1. The third kappa shape index (κ3) is 3.97. The number of nitrogens with zero attached hydrogens (tertiary/aromatic N) is 1. The molecule has 3 rings (SSSR count). The zero-order valence-electron chi connectivity index (χ0n) is 12.8. The molecule has 1 aliphatic carbocycles. The van der Waals surface area contributed by atoms with Gasteiger partial charge in [0.1, 0.15) is 23.8 Å². The summed E-state index contributed by atoms with van der Waals surface area (Å²) in [6, 6.07) is 6.54. The smallest absolute Gasteiger partial charge is 0.134 e. The molecule has 1 aliphatic heterocycles. The lowest BCUT2D eigenvalue weighted by Gasteiger charge is -2.33. The highest BCUT2D eigenvalue weighted by Gasteiger charge is 2.36. The largest absolute Gasteiger partial charge is 0.490 e. The van der Waals surface area contributed by atoms with Gasteiger partial charge >= 0.3 is 0 Å². The van der Waals surface area contributed by atoms with Crippen LogP contribution in [0.15, 0.2) is 24.3 Å². The Hall–Kier alpha value is -1.17. The Morgan fingerprint density at radius 2 is 2.18 bits per heavy atom. The van der Waals surface area contributed by atoms with Gasteiger partial charge in [0.2, 0.25) is 0 Å². The van der Waals surface area contributed by atoms with Crippen molar-refractivity contribution in [2.75, 3.05) is 32.9 Å². The summed E-state index contributed by atoms with van der Waals surface area (Å²) in [5.74, 6) is 0.0966.